The largest absolute Gasteiger partial charge is 0.482 e. The van der Waals surface area contributed by atoms with E-state index in [2.05, 4.69) is 4.74 Å². The highest BCUT2D eigenvalue weighted by Gasteiger charge is 2.30. The number of amides is 2. The van der Waals surface area contributed by atoms with Crippen LogP contribution in [0.2, 0.25) is 0 Å². The molecule has 6 rings (SSSR count). The fourth-order valence-corrected chi connectivity index (χ4v) is 5.34. The number of nitrogens with zero attached hydrogens (tertiary/aromatic N) is 4. The van der Waals surface area contributed by atoms with Crippen molar-refractivity contribution in [1.82, 2.24) is 0 Å². The number of fused-ring (bicyclic) bond motifs is 2. The quantitative estimate of drug-likeness (QED) is 0.235. The van der Waals surface area contributed by atoms with Crippen molar-refractivity contribution < 1.29 is 38.5 Å². The van der Waals surface area contributed by atoms with Crippen molar-refractivity contribution in [1.29, 1.82) is 0 Å². The third-order valence-corrected chi connectivity index (χ3v) is 8.07. The number of carboxylic acid groups (broad SMARTS) is 1. The van der Waals surface area contributed by atoms with Gasteiger partial charge in [0.2, 0.25) is 0 Å². The van der Waals surface area contributed by atoms with E-state index in [0.29, 0.717) is 30.2 Å². The number of carbonyl (C=O) groups excluding carboxylic acids is 3. The number of esters is 1. The minimum absolute atomic E-state index is 0.0121. The van der Waals surface area contributed by atoms with Crippen LogP contribution in [-0.4, -0.2) is 77.4 Å². The van der Waals surface area contributed by atoms with Crippen molar-refractivity contribution in [2.45, 2.75) is 13.1 Å². The number of ether oxygens (including phenoxy) is 3. The van der Waals surface area contributed by atoms with Crippen LogP contribution in [0.3, 0.4) is 0 Å². The predicted molar refractivity (Wildman–Crippen MR) is 186 cm³/mol. The first-order valence-corrected chi connectivity index (χ1v) is 15.4. The Balaban J connectivity index is 0.000000191. The van der Waals surface area contributed by atoms with Crippen molar-refractivity contribution in [2.75, 3.05) is 68.1 Å². The molecule has 0 saturated carbocycles. The molecule has 0 aromatic heterocycles. The number of methoxy groups -OCH3 is 1. The average molecular weight is 667 g/mol. The van der Waals surface area contributed by atoms with Gasteiger partial charge in [0.05, 0.1) is 20.2 Å². The first-order chi connectivity index (χ1) is 23.4. The maximum absolute atomic E-state index is 12.7. The van der Waals surface area contributed by atoms with Gasteiger partial charge in [-0.25, -0.2) is 9.59 Å². The van der Waals surface area contributed by atoms with Crippen LogP contribution in [0.25, 0.3) is 0 Å². The predicted octanol–water partition coefficient (Wildman–Crippen LogP) is 4.84. The number of carboxylic acids is 1. The highest BCUT2D eigenvalue weighted by Crippen LogP contribution is 2.33. The molecule has 0 spiro atoms. The Kier molecular flexibility index (Phi) is 10.4. The summed E-state index contributed by atoms with van der Waals surface area (Å²) < 4.78 is 15.0. The lowest BCUT2D eigenvalue weighted by Gasteiger charge is -2.16. The second-order valence-corrected chi connectivity index (χ2v) is 11.8. The van der Waals surface area contributed by atoms with Gasteiger partial charge in [-0.15, -0.1) is 0 Å². The Morgan fingerprint density at radius 3 is 1.43 bits per heavy atom. The van der Waals surface area contributed by atoms with Crippen molar-refractivity contribution in [3.63, 3.8) is 0 Å². The average Bonchev–Trinajstić information content (AvgIpc) is 3.62. The van der Waals surface area contributed by atoms with Crippen LogP contribution in [0.4, 0.5) is 22.7 Å². The van der Waals surface area contributed by atoms with Gasteiger partial charge in [-0.3, -0.25) is 9.59 Å². The van der Waals surface area contributed by atoms with E-state index in [1.807, 2.05) is 86.5 Å². The van der Waals surface area contributed by atoms with E-state index in [0.717, 1.165) is 39.4 Å². The standard InChI is InChI=1S/C19H20N2O4.C18H18N2O4/c1-20(2)15-5-4-13-11-21(19(23)17(13)10-15)14-6-8-16(9-7-14)25-12-18(22)24-3;1-19(2)14-4-3-12-10-20(18(23)16(12)9-14)13-5-7-15(8-6-13)24-11-17(21)22/h4-10H,11-12H2,1-3H3;3-9H,10-11H2,1-2H3,(H,21,22). The van der Waals surface area contributed by atoms with Crippen molar-refractivity contribution in [2.24, 2.45) is 0 Å². The zero-order valence-corrected chi connectivity index (χ0v) is 28.0. The highest BCUT2D eigenvalue weighted by atomic mass is 16.6. The molecular weight excluding hydrogens is 628 g/mol. The maximum Gasteiger partial charge on any atom is 0.343 e. The molecule has 0 atom stereocenters. The van der Waals surface area contributed by atoms with Gasteiger partial charge in [0.1, 0.15) is 11.5 Å². The van der Waals surface area contributed by atoms with E-state index >= 15 is 0 Å². The SMILES string of the molecule is CN(C)c1ccc2c(c1)C(=O)N(c1ccc(OCC(=O)O)cc1)C2.COC(=O)COc1ccc(N2Cc3ccc(N(C)C)cc3C2=O)cc1. The summed E-state index contributed by atoms with van der Waals surface area (Å²) in [6.45, 7) is 0.541. The van der Waals surface area contributed by atoms with Crippen molar-refractivity contribution in [3.05, 3.63) is 107 Å². The zero-order chi connectivity index (χ0) is 35.2. The van der Waals surface area contributed by atoms with Gasteiger partial charge < -0.3 is 38.9 Å². The lowest BCUT2D eigenvalue weighted by Crippen LogP contribution is -2.23. The Hall–Kier alpha value is -6.04. The molecule has 0 fully saturated rings. The minimum atomic E-state index is -1.03. The molecule has 0 radical (unpaired) electrons. The molecule has 4 aromatic carbocycles. The van der Waals surface area contributed by atoms with Crippen LogP contribution < -0.4 is 29.1 Å². The second-order valence-electron chi connectivity index (χ2n) is 11.8. The first-order valence-electron chi connectivity index (χ1n) is 15.4. The topological polar surface area (TPSA) is 129 Å². The van der Waals surface area contributed by atoms with Gasteiger partial charge in [-0.2, -0.15) is 0 Å². The first kappa shape index (κ1) is 34.3. The zero-order valence-electron chi connectivity index (χ0n) is 28.0. The molecular formula is C37H38N4O8. The van der Waals surface area contributed by atoms with Crippen molar-refractivity contribution in [3.8, 4) is 11.5 Å². The summed E-state index contributed by atoms with van der Waals surface area (Å²) in [5.74, 6) is -0.505. The van der Waals surface area contributed by atoms with E-state index in [1.165, 1.54) is 7.11 Å². The molecule has 12 heteroatoms. The normalized spacial score (nSPS) is 12.8. The lowest BCUT2D eigenvalue weighted by molar-refractivity contribution is -0.143. The van der Waals surface area contributed by atoms with E-state index in [9.17, 15) is 19.2 Å². The van der Waals surface area contributed by atoms with Crippen LogP contribution in [0.5, 0.6) is 11.5 Å². The third kappa shape index (κ3) is 7.92. The Bertz CT molecular complexity index is 1860. The molecule has 12 nitrogen and oxygen atoms in total. The molecule has 2 amide bonds. The van der Waals surface area contributed by atoms with E-state index < -0.39 is 11.9 Å². The molecule has 0 aliphatic carbocycles. The van der Waals surface area contributed by atoms with Crippen LogP contribution in [-0.2, 0) is 27.4 Å². The maximum atomic E-state index is 12.7. The Morgan fingerprint density at radius 2 is 1.06 bits per heavy atom. The van der Waals surface area contributed by atoms with Crippen LogP contribution in [0, 0.1) is 0 Å². The third-order valence-electron chi connectivity index (χ3n) is 8.07. The van der Waals surface area contributed by atoms with Gasteiger partial charge in [0, 0.05) is 62.1 Å². The van der Waals surface area contributed by atoms with E-state index in [1.54, 1.807) is 46.2 Å². The Morgan fingerprint density at radius 1 is 0.653 bits per heavy atom. The van der Waals surface area contributed by atoms with Crippen LogP contribution in [0.15, 0.2) is 84.9 Å². The molecule has 2 aliphatic heterocycles. The van der Waals surface area contributed by atoms with E-state index in [-0.39, 0.29) is 25.0 Å². The molecule has 2 heterocycles. The molecule has 49 heavy (non-hydrogen) atoms. The summed E-state index contributed by atoms with van der Waals surface area (Å²) in [6.07, 6.45) is 0. The van der Waals surface area contributed by atoms with Gasteiger partial charge in [0.15, 0.2) is 13.2 Å². The summed E-state index contributed by atoms with van der Waals surface area (Å²) in [6, 6.07) is 25.8. The summed E-state index contributed by atoms with van der Waals surface area (Å²) in [5.41, 5.74) is 6.99. The monoisotopic (exact) mass is 666 g/mol. The van der Waals surface area contributed by atoms with Gasteiger partial charge in [-0.1, -0.05) is 12.1 Å². The number of benzene rings is 4. The second kappa shape index (κ2) is 14.8. The van der Waals surface area contributed by atoms with Gasteiger partial charge in [0.25, 0.3) is 11.8 Å². The Labute approximate surface area is 284 Å². The molecule has 0 bridgehead atoms. The number of hydrogen-bond donors (Lipinski definition) is 1. The summed E-state index contributed by atoms with van der Waals surface area (Å²) in [5, 5.41) is 8.62. The smallest absolute Gasteiger partial charge is 0.343 e. The van der Waals surface area contributed by atoms with E-state index in [4.69, 9.17) is 14.6 Å². The molecule has 4 aromatic rings. The summed E-state index contributed by atoms with van der Waals surface area (Å²) in [4.78, 5) is 54.4. The number of rotatable bonds is 10. The number of aliphatic carboxylic acids is 1. The fraction of sp³-hybridized carbons (Fsp3) is 0.243. The van der Waals surface area contributed by atoms with Crippen molar-refractivity contribution >= 4 is 46.5 Å². The fourth-order valence-electron chi connectivity index (χ4n) is 5.34. The molecule has 254 valence electrons. The van der Waals surface area contributed by atoms with Crippen LogP contribution in [0.1, 0.15) is 31.8 Å². The number of carbonyl (C=O) groups is 4. The van der Waals surface area contributed by atoms with Gasteiger partial charge >= 0.3 is 11.9 Å². The highest BCUT2D eigenvalue weighted by molar-refractivity contribution is 6.11. The molecule has 1 N–H and O–H groups in total. The van der Waals surface area contributed by atoms with Gasteiger partial charge in [-0.05, 0) is 83.9 Å². The molecule has 0 saturated heterocycles. The summed E-state index contributed by atoms with van der Waals surface area (Å²) >= 11 is 0. The molecule has 2 aliphatic rings. The number of hydrogen-bond acceptors (Lipinski definition) is 9. The summed E-state index contributed by atoms with van der Waals surface area (Å²) in [7, 11) is 9.09. The minimum Gasteiger partial charge on any atom is -0.482 e. The van der Waals surface area contributed by atoms with Crippen LogP contribution >= 0.6 is 0 Å². The molecule has 0 unspecified atom stereocenters. The lowest BCUT2D eigenvalue weighted by atomic mass is 10.1. The number of anilines is 4.